The number of terminal acetylenes is 1. The molecule has 1 saturated heterocycles. The molecule has 0 saturated carbocycles. The van der Waals surface area contributed by atoms with Gasteiger partial charge in [0.05, 0.1) is 0 Å². The molecule has 0 amide bonds. The molecular weight excluding hydrogens is 172 g/mol. The fourth-order valence-corrected chi connectivity index (χ4v) is 2.00. The maximum absolute atomic E-state index is 5.32. The molecule has 2 heteroatoms. The SMILES string of the molecule is C#CCC(C)N1CCC(NCCC)C1. The van der Waals surface area contributed by atoms with Crippen molar-refractivity contribution in [2.75, 3.05) is 19.6 Å². The second kappa shape index (κ2) is 6.06. The highest BCUT2D eigenvalue weighted by molar-refractivity contribution is 4.92. The minimum atomic E-state index is 0.549. The van der Waals surface area contributed by atoms with E-state index in [4.69, 9.17) is 6.42 Å². The second-order valence-electron chi connectivity index (χ2n) is 4.19. The van der Waals surface area contributed by atoms with Crippen molar-refractivity contribution in [2.45, 2.75) is 45.2 Å². The lowest BCUT2D eigenvalue weighted by molar-refractivity contribution is 0.255. The molecule has 0 bridgehead atoms. The molecule has 0 aromatic rings. The van der Waals surface area contributed by atoms with Crippen LogP contribution >= 0.6 is 0 Å². The van der Waals surface area contributed by atoms with Crippen molar-refractivity contribution in [1.82, 2.24) is 10.2 Å². The van der Waals surface area contributed by atoms with Crippen molar-refractivity contribution >= 4 is 0 Å². The van der Waals surface area contributed by atoms with E-state index in [2.05, 4.69) is 30.0 Å². The predicted octanol–water partition coefficient (Wildman–Crippen LogP) is 1.47. The van der Waals surface area contributed by atoms with Crippen LogP contribution in [-0.2, 0) is 0 Å². The van der Waals surface area contributed by atoms with Gasteiger partial charge in [0, 0.05) is 31.6 Å². The van der Waals surface area contributed by atoms with Gasteiger partial charge in [0.25, 0.3) is 0 Å². The molecule has 14 heavy (non-hydrogen) atoms. The Bertz CT molecular complexity index is 195. The Balaban J connectivity index is 2.23. The van der Waals surface area contributed by atoms with Crippen molar-refractivity contribution in [3.63, 3.8) is 0 Å². The number of hydrogen-bond donors (Lipinski definition) is 1. The number of nitrogens with zero attached hydrogens (tertiary/aromatic N) is 1. The summed E-state index contributed by atoms with van der Waals surface area (Å²) in [6.45, 7) is 7.94. The van der Waals surface area contributed by atoms with E-state index in [9.17, 15) is 0 Å². The van der Waals surface area contributed by atoms with Crippen LogP contribution in [0.1, 0.15) is 33.1 Å². The first-order valence-corrected chi connectivity index (χ1v) is 5.68. The van der Waals surface area contributed by atoms with Gasteiger partial charge in [-0.2, -0.15) is 0 Å². The maximum atomic E-state index is 5.32. The van der Waals surface area contributed by atoms with Gasteiger partial charge in [-0.3, -0.25) is 4.90 Å². The van der Waals surface area contributed by atoms with Gasteiger partial charge < -0.3 is 5.32 Å². The normalized spacial score (nSPS) is 24.8. The molecular formula is C12H22N2. The van der Waals surface area contributed by atoms with Crippen LogP contribution in [0.5, 0.6) is 0 Å². The predicted molar refractivity (Wildman–Crippen MR) is 61.2 cm³/mol. The third-order valence-corrected chi connectivity index (χ3v) is 2.94. The Morgan fingerprint density at radius 1 is 1.64 bits per heavy atom. The maximum Gasteiger partial charge on any atom is 0.0240 e. The van der Waals surface area contributed by atoms with Crippen LogP contribution in [0.15, 0.2) is 0 Å². The van der Waals surface area contributed by atoms with E-state index in [0.717, 1.165) is 13.0 Å². The molecule has 0 radical (unpaired) electrons. The van der Waals surface area contributed by atoms with E-state index in [1.165, 1.54) is 25.9 Å². The zero-order valence-electron chi connectivity index (χ0n) is 9.42. The summed E-state index contributed by atoms with van der Waals surface area (Å²) in [4.78, 5) is 2.49. The van der Waals surface area contributed by atoms with Gasteiger partial charge in [-0.25, -0.2) is 0 Å². The molecule has 2 unspecified atom stereocenters. The van der Waals surface area contributed by atoms with Crippen molar-refractivity contribution in [3.05, 3.63) is 0 Å². The quantitative estimate of drug-likeness (QED) is 0.667. The van der Waals surface area contributed by atoms with E-state index >= 15 is 0 Å². The fourth-order valence-electron chi connectivity index (χ4n) is 2.00. The summed E-state index contributed by atoms with van der Waals surface area (Å²) in [5, 5.41) is 3.56. The summed E-state index contributed by atoms with van der Waals surface area (Å²) in [6, 6.07) is 1.24. The molecule has 1 rings (SSSR count). The molecule has 0 aromatic carbocycles. The van der Waals surface area contributed by atoms with Crippen LogP contribution in [0.2, 0.25) is 0 Å². The van der Waals surface area contributed by atoms with Crippen LogP contribution in [0.25, 0.3) is 0 Å². The third-order valence-electron chi connectivity index (χ3n) is 2.94. The van der Waals surface area contributed by atoms with Crippen molar-refractivity contribution in [1.29, 1.82) is 0 Å². The van der Waals surface area contributed by atoms with E-state index < -0.39 is 0 Å². The van der Waals surface area contributed by atoms with Crippen LogP contribution in [0.3, 0.4) is 0 Å². The summed E-state index contributed by atoms with van der Waals surface area (Å²) in [5.41, 5.74) is 0. The van der Waals surface area contributed by atoms with Crippen molar-refractivity contribution < 1.29 is 0 Å². The molecule has 0 aliphatic carbocycles. The molecule has 0 aromatic heterocycles. The lowest BCUT2D eigenvalue weighted by Gasteiger charge is -2.22. The molecule has 1 aliphatic heterocycles. The minimum Gasteiger partial charge on any atom is -0.313 e. The second-order valence-corrected chi connectivity index (χ2v) is 4.19. The van der Waals surface area contributed by atoms with Gasteiger partial charge in [0.1, 0.15) is 0 Å². The Hall–Kier alpha value is -0.520. The molecule has 1 N–H and O–H groups in total. The highest BCUT2D eigenvalue weighted by Gasteiger charge is 2.24. The lowest BCUT2D eigenvalue weighted by atomic mass is 10.2. The van der Waals surface area contributed by atoms with Crippen LogP contribution in [0, 0.1) is 12.3 Å². The molecule has 1 fully saturated rings. The molecule has 2 atom stereocenters. The third kappa shape index (κ3) is 3.32. The summed E-state index contributed by atoms with van der Waals surface area (Å²) in [5.74, 6) is 2.74. The van der Waals surface area contributed by atoms with Gasteiger partial charge in [0.15, 0.2) is 0 Å². The number of nitrogens with one attached hydrogen (secondary N) is 1. The first kappa shape index (κ1) is 11.6. The summed E-state index contributed by atoms with van der Waals surface area (Å²) in [7, 11) is 0. The van der Waals surface area contributed by atoms with Crippen LogP contribution < -0.4 is 5.32 Å². The van der Waals surface area contributed by atoms with E-state index in [-0.39, 0.29) is 0 Å². The molecule has 1 aliphatic rings. The molecule has 1 heterocycles. The largest absolute Gasteiger partial charge is 0.313 e. The number of hydrogen-bond acceptors (Lipinski definition) is 2. The lowest BCUT2D eigenvalue weighted by Crippen LogP contribution is -2.36. The average Bonchev–Trinajstić information content (AvgIpc) is 2.63. The summed E-state index contributed by atoms with van der Waals surface area (Å²) in [6.07, 6.45) is 8.69. The van der Waals surface area contributed by atoms with Gasteiger partial charge in [-0.05, 0) is 26.3 Å². The average molecular weight is 194 g/mol. The van der Waals surface area contributed by atoms with Crippen molar-refractivity contribution in [2.24, 2.45) is 0 Å². The Morgan fingerprint density at radius 2 is 2.43 bits per heavy atom. The molecule has 0 spiro atoms. The molecule has 2 nitrogen and oxygen atoms in total. The topological polar surface area (TPSA) is 15.3 Å². The molecule has 80 valence electrons. The standard InChI is InChI=1S/C12H22N2/c1-4-6-11(3)14-9-7-12(10-14)13-8-5-2/h1,11-13H,5-10H2,2-3H3. The van der Waals surface area contributed by atoms with Crippen LogP contribution in [0.4, 0.5) is 0 Å². The smallest absolute Gasteiger partial charge is 0.0240 e. The van der Waals surface area contributed by atoms with Crippen molar-refractivity contribution in [3.8, 4) is 12.3 Å². The first-order chi connectivity index (χ1) is 6.77. The highest BCUT2D eigenvalue weighted by atomic mass is 15.2. The van der Waals surface area contributed by atoms with Crippen LogP contribution in [-0.4, -0.2) is 36.6 Å². The Labute approximate surface area is 88.1 Å². The Kier molecular flexibility index (Phi) is 5.00. The first-order valence-electron chi connectivity index (χ1n) is 5.68. The van der Waals surface area contributed by atoms with E-state index in [1.807, 2.05) is 0 Å². The van der Waals surface area contributed by atoms with Gasteiger partial charge in [-0.1, -0.05) is 6.92 Å². The van der Waals surface area contributed by atoms with Gasteiger partial charge >= 0.3 is 0 Å². The minimum absolute atomic E-state index is 0.549. The highest BCUT2D eigenvalue weighted by Crippen LogP contribution is 2.14. The zero-order valence-corrected chi connectivity index (χ0v) is 9.42. The Morgan fingerprint density at radius 3 is 3.07 bits per heavy atom. The summed E-state index contributed by atoms with van der Waals surface area (Å²) < 4.78 is 0. The van der Waals surface area contributed by atoms with E-state index in [1.54, 1.807) is 0 Å². The zero-order chi connectivity index (χ0) is 10.4. The summed E-state index contributed by atoms with van der Waals surface area (Å²) >= 11 is 0. The van der Waals surface area contributed by atoms with Gasteiger partial charge in [0.2, 0.25) is 0 Å². The monoisotopic (exact) mass is 194 g/mol. The number of rotatable bonds is 5. The van der Waals surface area contributed by atoms with E-state index in [0.29, 0.717) is 12.1 Å². The number of likely N-dealkylation sites (tertiary alicyclic amines) is 1. The fraction of sp³-hybridized carbons (Fsp3) is 0.833. The van der Waals surface area contributed by atoms with Gasteiger partial charge in [-0.15, -0.1) is 12.3 Å².